The number of ether oxygens (including phenoxy) is 1. The Morgan fingerprint density at radius 1 is 1.55 bits per heavy atom. The van der Waals surface area contributed by atoms with E-state index < -0.39 is 35.2 Å². The van der Waals surface area contributed by atoms with Crippen molar-refractivity contribution in [2.75, 3.05) is 12.4 Å². The van der Waals surface area contributed by atoms with Gasteiger partial charge in [0.25, 0.3) is 5.91 Å². The van der Waals surface area contributed by atoms with Crippen molar-refractivity contribution in [1.82, 2.24) is 10.2 Å². The molecule has 2 rings (SSSR count). The van der Waals surface area contributed by atoms with E-state index in [2.05, 4.69) is 11.9 Å². The fourth-order valence-electron chi connectivity index (χ4n) is 2.20. The molecule has 0 saturated carbocycles. The zero-order valence-corrected chi connectivity index (χ0v) is 12.5. The summed E-state index contributed by atoms with van der Waals surface area (Å²) in [5.41, 5.74) is 0.171. The van der Waals surface area contributed by atoms with Crippen LogP contribution in [-0.2, 0) is 23.9 Å². The lowest BCUT2D eigenvalue weighted by Gasteiger charge is -2.49. The molecular formula is C13H14N2O6S. The number of amides is 2. The van der Waals surface area contributed by atoms with Gasteiger partial charge in [-0.1, -0.05) is 6.58 Å². The van der Waals surface area contributed by atoms with Gasteiger partial charge in [0.05, 0.1) is 0 Å². The number of nitrogens with one attached hydrogen (secondary N) is 1. The molecule has 1 saturated heterocycles. The first-order valence-corrected chi connectivity index (χ1v) is 7.38. The van der Waals surface area contributed by atoms with Crippen molar-refractivity contribution in [3.63, 3.8) is 0 Å². The van der Waals surface area contributed by atoms with Crippen molar-refractivity contribution in [2.24, 2.45) is 0 Å². The Balaban J connectivity index is 2.20. The van der Waals surface area contributed by atoms with Crippen molar-refractivity contribution in [3.8, 4) is 0 Å². The number of hydrogen-bond donors (Lipinski definition) is 2. The van der Waals surface area contributed by atoms with Crippen LogP contribution in [0.2, 0.25) is 0 Å². The summed E-state index contributed by atoms with van der Waals surface area (Å²) >= 11 is 1.30. The van der Waals surface area contributed by atoms with Crippen LogP contribution in [0.4, 0.5) is 0 Å². The minimum Gasteiger partial charge on any atom is -0.477 e. The second kappa shape index (κ2) is 6.22. The van der Waals surface area contributed by atoms with Gasteiger partial charge in [-0.25, -0.2) is 4.79 Å². The maximum atomic E-state index is 12.1. The maximum Gasteiger partial charge on any atom is 0.352 e. The molecule has 0 spiro atoms. The molecule has 8 nitrogen and oxygen atoms in total. The third-order valence-corrected chi connectivity index (χ3v) is 4.52. The topological polar surface area (TPSA) is 113 Å². The molecule has 1 fully saturated rings. The van der Waals surface area contributed by atoms with Crippen molar-refractivity contribution in [3.05, 3.63) is 23.9 Å². The fraction of sp³-hybridized carbons (Fsp3) is 0.385. The number of β-lactam (4-membered cyclic amide) rings is 1. The lowest BCUT2D eigenvalue weighted by atomic mass is 10.0. The van der Waals surface area contributed by atoms with Gasteiger partial charge in [0.15, 0.2) is 0 Å². The van der Waals surface area contributed by atoms with E-state index in [1.54, 1.807) is 0 Å². The number of carbonyl (C=O) groups excluding carboxylic acids is 3. The summed E-state index contributed by atoms with van der Waals surface area (Å²) in [7, 11) is 0. The Morgan fingerprint density at radius 3 is 2.77 bits per heavy atom. The van der Waals surface area contributed by atoms with Crippen molar-refractivity contribution in [1.29, 1.82) is 0 Å². The molecular weight excluding hydrogens is 312 g/mol. The summed E-state index contributed by atoms with van der Waals surface area (Å²) in [6.07, 6.45) is 1.05. The number of carboxylic acid groups (broad SMARTS) is 1. The summed E-state index contributed by atoms with van der Waals surface area (Å²) in [5.74, 6) is -2.51. The quantitative estimate of drug-likeness (QED) is 0.397. The van der Waals surface area contributed by atoms with Crippen LogP contribution in [0.5, 0.6) is 0 Å². The van der Waals surface area contributed by atoms with E-state index in [1.807, 2.05) is 0 Å². The number of fused-ring (bicyclic) bond motifs is 1. The van der Waals surface area contributed by atoms with E-state index in [-0.39, 0.29) is 12.3 Å². The van der Waals surface area contributed by atoms with Crippen LogP contribution in [0.3, 0.4) is 0 Å². The Bertz CT molecular complexity index is 599. The molecule has 2 atom stereocenters. The second-order valence-corrected chi connectivity index (χ2v) is 5.74. The van der Waals surface area contributed by atoms with Crippen LogP contribution in [0, 0.1) is 0 Å². The normalized spacial score (nSPS) is 23.3. The molecule has 0 aromatic carbocycles. The number of nitrogens with zero attached hydrogens (tertiary/aromatic N) is 1. The molecule has 2 N–H and O–H groups in total. The minimum absolute atomic E-state index is 0.176. The van der Waals surface area contributed by atoms with Gasteiger partial charge in [0.1, 0.15) is 23.7 Å². The van der Waals surface area contributed by atoms with E-state index in [4.69, 9.17) is 4.74 Å². The number of carbonyl (C=O) groups is 4. The molecule has 0 unspecified atom stereocenters. The SMILES string of the molecule is C=CC(=O)N[C@@H]1C(=O)N2C(C(=O)O)=C(COC(C)=O)CS[C@H]12. The average Bonchev–Trinajstić information content (AvgIpc) is 2.48. The number of esters is 1. The molecule has 0 aliphatic carbocycles. The largest absolute Gasteiger partial charge is 0.477 e. The molecule has 2 aliphatic rings. The fourth-order valence-corrected chi connectivity index (χ4v) is 3.52. The Morgan fingerprint density at radius 2 is 2.23 bits per heavy atom. The first-order chi connectivity index (χ1) is 10.4. The predicted molar refractivity (Wildman–Crippen MR) is 76.5 cm³/mol. The highest BCUT2D eigenvalue weighted by Gasteiger charge is 2.54. The highest BCUT2D eigenvalue weighted by atomic mass is 32.2. The monoisotopic (exact) mass is 326 g/mol. The van der Waals surface area contributed by atoms with Gasteiger partial charge in [-0.05, 0) is 6.08 Å². The van der Waals surface area contributed by atoms with Gasteiger partial charge in [0, 0.05) is 18.2 Å². The van der Waals surface area contributed by atoms with Crippen LogP contribution in [0.25, 0.3) is 0 Å². The van der Waals surface area contributed by atoms with Crippen molar-refractivity contribution < 1.29 is 29.0 Å². The van der Waals surface area contributed by atoms with E-state index in [9.17, 15) is 24.3 Å². The first-order valence-electron chi connectivity index (χ1n) is 6.33. The Labute approximate surface area is 130 Å². The van der Waals surface area contributed by atoms with Gasteiger partial charge in [-0.15, -0.1) is 11.8 Å². The lowest BCUT2D eigenvalue weighted by Crippen LogP contribution is -2.70. The molecule has 0 aromatic heterocycles. The van der Waals surface area contributed by atoms with Gasteiger partial charge >= 0.3 is 11.9 Å². The van der Waals surface area contributed by atoms with E-state index in [0.717, 1.165) is 11.0 Å². The molecule has 0 aromatic rings. The first kappa shape index (κ1) is 16.1. The van der Waals surface area contributed by atoms with Crippen LogP contribution in [0.1, 0.15) is 6.92 Å². The van der Waals surface area contributed by atoms with Crippen LogP contribution in [-0.4, -0.2) is 57.5 Å². The third kappa shape index (κ3) is 2.84. The predicted octanol–water partition coefficient (Wildman–Crippen LogP) is -0.526. The van der Waals surface area contributed by atoms with E-state index >= 15 is 0 Å². The smallest absolute Gasteiger partial charge is 0.352 e. The summed E-state index contributed by atoms with van der Waals surface area (Å²) in [4.78, 5) is 46.8. The minimum atomic E-state index is -1.27. The Kier molecular flexibility index (Phi) is 4.55. The number of aliphatic carboxylic acids is 1. The molecule has 0 bridgehead atoms. The highest BCUT2D eigenvalue weighted by molar-refractivity contribution is 8.00. The molecule has 22 heavy (non-hydrogen) atoms. The van der Waals surface area contributed by atoms with E-state index in [1.165, 1.54) is 18.7 Å². The van der Waals surface area contributed by atoms with Crippen LogP contribution >= 0.6 is 11.8 Å². The third-order valence-electron chi connectivity index (χ3n) is 3.18. The van der Waals surface area contributed by atoms with Crippen molar-refractivity contribution >= 4 is 35.5 Å². The average molecular weight is 326 g/mol. The molecule has 2 amide bonds. The lowest BCUT2D eigenvalue weighted by molar-refractivity contribution is -0.150. The van der Waals surface area contributed by atoms with Gasteiger partial charge < -0.3 is 15.2 Å². The highest BCUT2D eigenvalue weighted by Crippen LogP contribution is 2.40. The summed E-state index contributed by atoms with van der Waals surface area (Å²) in [6.45, 7) is 4.34. The summed E-state index contributed by atoms with van der Waals surface area (Å²) < 4.78 is 4.82. The molecule has 0 radical (unpaired) electrons. The zero-order valence-electron chi connectivity index (χ0n) is 11.7. The van der Waals surface area contributed by atoms with Crippen LogP contribution in [0.15, 0.2) is 23.9 Å². The molecule has 118 valence electrons. The zero-order chi connectivity index (χ0) is 16.4. The Hall–Kier alpha value is -2.29. The summed E-state index contributed by atoms with van der Waals surface area (Å²) in [5, 5.41) is 11.3. The number of rotatable bonds is 5. The molecule has 2 heterocycles. The molecule has 9 heteroatoms. The number of thioether (sulfide) groups is 1. The van der Waals surface area contributed by atoms with Crippen LogP contribution < -0.4 is 5.32 Å². The van der Waals surface area contributed by atoms with Gasteiger partial charge in [-0.3, -0.25) is 19.3 Å². The molecule has 2 aliphatic heterocycles. The van der Waals surface area contributed by atoms with Crippen molar-refractivity contribution in [2.45, 2.75) is 18.3 Å². The summed E-state index contributed by atoms with van der Waals surface area (Å²) in [6, 6.07) is -0.778. The van der Waals surface area contributed by atoms with Gasteiger partial charge in [0.2, 0.25) is 5.91 Å². The standard InChI is InChI=1S/C13H14N2O6S/c1-3-8(17)14-9-11(18)15-10(13(19)20)7(4-21-6(2)16)5-22-12(9)15/h3,9,12H,1,4-5H2,2H3,(H,14,17)(H,19,20)/t9-,12-/m1/s1. The second-order valence-electron chi connectivity index (χ2n) is 4.64. The van der Waals surface area contributed by atoms with Gasteiger partial charge in [-0.2, -0.15) is 0 Å². The number of carboxylic acids is 1. The number of hydrogen-bond acceptors (Lipinski definition) is 6. The van der Waals surface area contributed by atoms with E-state index in [0.29, 0.717) is 11.3 Å². The maximum absolute atomic E-state index is 12.1.